The van der Waals surface area contributed by atoms with Crippen molar-refractivity contribution in [2.24, 2.45) is 0 Å². The Labute approximate surface area is 187 Å². The van der Waals surface area contributed by atoms with Crippen LogP contribution in [-0.2, 0) is 6.18 Å². The zero-order valence-electron chi connectivity index (χ0n) is 16.1. The number of benzene rings is 2. The number of anilines is 1. The van der Waals surface area contributed by atoms with Crippen LogP contribution in [0.5, 0.6) is 0 Å². The maximum Gasteiger partial charge on any atom is 0.416 e. The number of carbonyl (C=O) groups is 1. The van der Waals surface area contributed by atoms with E-state index in [1.165, 1.54) is 6.07 Å². The van der Waals surface area contributed by atoms with E-state index < -0.39 is 17.6 Å². The molecule has 3 heterocycles. The Balaban J connectivity index is 1.43. The van der Waals surface area contributed by atoms with Gasteiger partial charge < -0.3 is 4.98 Å². The summed E-state index contributed by atoms with van der Waals surface area (Å²) in [6, 6.07) is 15.6. The molecule has 0 aliphatic heterocycles. The highest BCUT2D eigenvalue weighted by Crippen LogP contribution is 2.33. The lowest BCUT2D eigenvalue weighted by Crippen LogP contribution is -2.13. The third kappa shape index (κ3) is 3.73. The van der Waals surface area contributed by atoms with Gasteiger partial charge in [0, 0.05) is 6.20 Å². The molecule has 0 radical (unpaired) electrons. The maximum absolute atomic E-state index is 13.0. The van der Waals surface area contributed by atoms with E-state index in [4.69, 9.17) is 0 Å². The molecular formula is C22H13BrF3N5O. The van der Waals surface area contributed by atoms with Gasteiger partial charge in [-0.3, -0.25) is 14.5 Å². The first kappa shape index (κ1) is 20.3. The van der Waals surface area contributed by atoms with Crippen LogP contribution >= 0.6 is 15.9 Å². The Morgan fingerprint density at radius 2 is 1.78 bits per heavy atom. The van der Waals surface area contributed by atoms with E-state index in [0.29, 0.717) is 27.8 Å². The summed E-state index contributed by atoms with van der Waals surface area (Å²) in [5.74, 6) is -0.236. The van der Waals surface area contributed by atoms with Crippen LogP contribution in [0.2, 0.25) is 0 Å². The van der Waals surface area contributed by atoms with Crippen molar-refractivity contribution in [1.29, 1.82) is 0 Å². The Morgan fingerprint density at radius 3 is 2.56 bits per heavy atom. The van der Waals surface area contributed by atoms with Gasteiger partial charge in [0.15, 0.2) is 0 Å². The Bertz CT molecular complexity index is 1490. The van der Waals surface area contributed by atoms with E-state index in [0.717, 1.165) is 16.7 Å². The zero-order valence-corrected chi connectivity index (χ0v) is 17.7. The minimum absolute atomic E-state index is 0.210. The summed E-state index contributed by atoms with van der Waals surface area (Å²) in [6.07, 6.45) is -2.82. The average Bonchev–Trinajstić information content (AvgIpc) is 3.37. The van der Waals surface area contributed by atoms with Crippen molar-refractivity contribution < 1.29 is 18.0 Å². The molecule has 0 saturated carbocycles. The fourth-order valence-electron chi connectivity index (χ4n) is 3.38. The van der Waals surface area contributed by atoms with E-state index in [9.17, 15) is 18.0 Å². The molecule has 0 spiro atoms. The molecule has 0 atom stereocenters. The SMILES string of the molecule is O=C(Nc1nc2ccc(-c3cccc(C(F)(F)F)c3)cc2[nH]1)c1cn2c(Br)cccc2n1. The number of pyridine rings is 1. The molecule has 5 rings (SSSR count). The molecule has 32 heavy (non-hydrogen) atoms. The first-order chi connectivity index (χ1) is 15.3. The molecule has 0 unspecified atom stereocenters. The lowest BCUT2D eigenvalue weighted by molar-refractivity contribution is -0.137. The van der Waals surface area contributed by atoms with Gasteiger partial charge in [0.25, 0.3) is 5.91 Å². The van der Waals surface area contributed by atoms with Gasteiger partial charge in [0.05, 0.1) is 21.2 Å². The first-order valence-corrected chi connectivity index (χ1v) is 10.2. The quantitative estimate of drug-likeness (QED) is 0.303. The Hall–Kier alpha value is -3.66. The Kier molecular flexibility index (Phi) is 4.74. The molecular weight excluding hydrogens is 487 g/mol. The third-order valence-electron chi connectivity index (χ3n) is 4.91. The molecule has 10 heteroatoms. The van der Waals surface area contributed by atoms with Crippen LogP contribution in [0.3, 0.4) is 0 Å². The molecule has 2 aromatic carbocycles. The molecule has 160 valence electrons. The molecule has 5 aromatic rings. The van der Waals surface area contributed by atoms with Crippen molar-refractivity contribution in [3.05, 3.63) is 82.7 Å². The van der Waals surface area contributed by atoms with E-state index in [1.807, 2.05) is 12.1 Å². The van der Waals surface area contributed by atoms with Crippen LogP contribution in [0, 0.1) is 0 Å². The molecule has 3 aromatic heterocycles. The number of hydrogen-bond donors (Lipinski definition) is 2. The number of carbonyl (C=O) groups excluding carboxylic acids is 1. The normalized spacial score (nSPS) is 11.9. The molecule has 0 fully saturated rings. The minimum Gasteiger partial charge on any atom is -0.324 e. The molecule has 0 bridgehead atoms. The predicted molar refractivity (Wildman–Crippen MR) is 117 cm³/mol. The van der Waals surface area contributed by atoms with Crippen LogP contribution in [0.1, 0.15) is 16.1 Å². The van der Waals surface area contributed by atoms with Crippen molar-refractivity contribution in [3.63, 3.8) is 0 Å². The Morgan fingerprint density at radius 1 is 1.00 bits per heavy atom. The van der Waals surface area contributed by atoms with Crippen molar-refractivity contribution >= 4 is 44.5 Å². The van der Waals surface area contributed by atoms with Gasteiger partial charge in [0.1, 0.15) is 11.3 Å². The fourth-order valence-corrected chi connectivity index (χ4v) is 3.82. The summed E-state index contributed by atoms with van der Waals surface area (Å²) < 4.78 is 41.6. The van der Waals surface area contributed by atoms with Crippen molar-refractivity contribution in [1.82, 2.24) is 19.4 Å². The highest BCUT2D eigenvalue weighted by Gasteiger charge is 2.30. The number of halogens is 4. The lowest BCUT2D eigenvalue weighted by atomic mass is 10.0. The van der Waals surface area contributed by atoms with Gasteiger partial charge in [-0.05, 0) is 63.5 Å². The number of aromatic amines is 1. The number of nitrogens with zero attached hydrogens (tertiary/aromatic N) is 3. The predicted octanol–water partition coefficient (Wildman–Crippen LogP) is 5.91. The summed E-state index contributed by atoms with van der Waals surface area (Å²) in [5.41, 5.74) is 2.27. The maximum atomic E-state index is 13.0. The minimum atomic E-state index is -4.42. The number of amides is 1. The van der Waals surface area contributed by atoms with E-state index in [2.05, 4.69) is 36.2 Å². The van der Waals surface area contributed by atoms with Gasteiger partial charge >= 0.3 is 6.18 Å². The molecule has 0 aliphatic carbocycles. The van der Waals surface area contributed by atoms with Crippen molar-refractivity contribution in [2.45, 2.75) is 6.18 Å². The second-order valence-electron chi connectivity index (χ2n) is 7.05. The second-order valence-corrected chi connectivity index (χ2v) is 7.87. The number of nitrogens with one attached hydrogen (secondary N) is 2. The number of rotatable bonds is 3. The third-order valence-corrected chi connectivity index (χ3v) is 5.56. The van der Waals surface area contributed by atoms with E-state index >= 15 is 0 Å². The average molecular weight is 500 g/mol. The van der Waals surface area contributed by atoms with Crippen LogP contribution < -0.4 is 5.32 Å². The first-order valence-electron chi connectivity index (χ1n) is 9.40. The molecule has 1 amide bonds. The number of H-pyrrole nitrogens is 1. The lowest BCUT2D eigenvalue weighted by Gasteiger charge is -2.08. The van der Waals surface area contributed by atoms with Gasteiger partial charge in [-0.1, -0.05) is 24.3 Å². The summed E-state index contributed by atoms with van der Waals surface area (Å²) in [7, 11) is 0. The highest BCUT2D eigenvalue weighted by atomic mass is 79.9. The van der Waals surface area contributed by atoms with E-state index in [-0.39, 0.29) is 11.6 Å². The van der Waals surface area contributed by atoms with Gasteiger partial charge in [-0.15, -0.1) is 0 Å². The topological polar surface area (TPSA) is 75.1 Å². The van der Waals surface area contributed by atoms with Crippen LogP contribution in [-0.4, -0.2) is 25.3 Å². The van der Waals surface area contributed by atoms with Crippen molar-refractivity contribution in [2.75, 3.05) is 5.32 Å². The van der Waals surface area contributed by atoms with Gasteiger partial charge in [-0.2, -0.15) is 13.2 Å². The second kappa shape index (κ2) is 7.49. The van der Waals surface area contributed by atoms with Crippen molar-refractivity contribution in [3.8, 4) is 11.1 Å². The van der Waals surface area contributed by atoms with Crippen LogP contribution in [0.15, 0.2) is 71.5 Å². The molecule has 0 aliphatic rings. The summed E-state index contributed by atoms with van der Waals surface area (Å²) in [5, 5.41) is 2.67. The van der Waals surface area contributed by atoms with E-state index in [1.54, 1.807) is 40.9 Å². The smallest absolute Gasteiger partial charge is 0.324 e. The van der Waals surface area contributed by atoms with Gasteiger partial charge in [-0.25, -0.2) is 9.97 Å². The molecule has 2 N–H and O–H groups in total. The number of fused-ring (bicyclic) bond motifs is 2. The summed E-state index contributed by atoms with van der Waals surface area (Å²) >= 11 is 3.40. The molecule has 0 saturated heterocycles. The zero-order chi connectivity index (χ0) is 22.5. The number of aromatic nitrogens is 4. The summed E-state index contributed by atoms with van der Waals surface area (Å²) in [6.45, 7) is 0. The van der Waals surface area contributed by atoms with Crippen LogP contribution in [0.25, 0.3) is 27.8 Å². The largest absolute Gasteiger partial charge is 0.416 e. The molecule has 6 nitrogen and oxygen atoms in total. The fraction of sp³-hybridized carbons (Fsp3) is 0.0455. The van der Waals surface area contributed by atoms with Crippen LogP contribution in [0.4, 0.5) is 19.1 Å². The summed E-state index contributed by atoms with van der Waals surface area (Å²) in [4.78, 5) is 24.2. The number of imidazole rings is 2. The standard InChI is InChI=1S/C22H13BrF3N5O/c23-18-5-2-6-19-27-17(11-31(18)19)20(32)30-21-28-15-8-7-13(10-16(15)29-21)12-3-1-4-14(9-12)22(24,25)26/h1-11H,(H2,28,29,30,32). The number of hydrogen-bond acceptors (Lipinski definition) is 3. The monoisotopic (exact) mass is 499 g/mol. The van der Waals surface area contributed by atoms with Gasteiger partial charge in [0.2, 0.25) is 5.95 Å². The number of alkyl halides is 3. The highest BCUT2D eigenvalue weighted by molar-refractivity contribution is 9.10.